The Hall–Kier alpha value is -1.85. The summed E-state index contributed by atoms with van der Waals surface area (Å²) in [4.78, 5) is 24.9. The van der Waals surface area contributed by atoms with Gasteiger partial charge in [-0.1, -0.05) is 0 Å². The number of carbonyl (C=O) groups excluding carboxylic acids is 1. The molecule has 1 aromatic heterocycles. The SMILES string of the molecule is CCn1nccc1C(=O)N1CCC[C@@H](C(=O)O)C1. The van der Waals surface area contributed by atoms with Gasteiger partial charge in [-0.25, -0.2) is 0 Å². The number of nitrogens with zero attached hydrogens (tertiary/aromatic N) is 3. The molecule has 1 aromatic rings. The van der Waals surface area contributed by atoms with Crippen molar-refractivity contribution in [1.82, 2.24) is 14.7 Å². The first-order chi connectivity index (χ1) is 8.63. The van der Waals surface area contributed by atoms with Crippen LogP contribution in [0.4, 0.5) is 0 Å². The van der Waals surface area contributed by atoms with Crippen LogP contribution in [-0.4, -0.2) is 44.8 Å². The largest absolute Gasteiger partial charge is 0.481 e. The van der Waals surface area contributed by atoms with Crippen LogP contribution in [-0.2, 0) is 11.3 Å². The molecule has 1 aliphatic rings. The highest BCUT2D eigenvalue weighted by molar-refractivity contribution is 5.92. The van der Waals surface area contributed by atoms with Gasteiger partial charge in [0.25, 0.3) is 5.91 Å². The Labute approximate surface area is 105 Å². The van der Waals surface area contributed by atoms with Crippen LogP contribution in [0.25, 0.3) is 0 Å². The molecule has 2 rings (SSSR count). The number of carbonyl (C=O) groups is 2. The Bertz CT molecular complexity index is 455. The summed E-state index contributed by atoms with van der Waals surface area (Å²) in [6, 6.07) is 1.68. The molecule has 1 N–H and O–H groups in total. The van der Waals surface area contributed by atoms with Crippen molar-refractivity contribution in [2.75, 3.05) is 13.1 Å². The summed E-state index contributed by atoms with van der Waals surface area (Å²) in [6.45, 7) is 3.46. The van der Waals surface area contributed by atoms with Crippen molar-refractivity contribution < 1.29 is 14.7 Å². The zero-order chi connectivity index (χ0) is 13.1. The molecule has 6 nitrogen and oxygen atoms in total. The van der Waals surface area contributed by atoms with E-state index in [0.29, 0.717) is 31.7 Å². The highest BCUT2D eigenvalue weighted by Crippen LogP contribution is 2.18. The summed E-state index contributed by atoms with van der Waals surface area (Å²) in [6.07, 6.45) is 2.98. The minimum atomic E-state index is -0.823. The first-order valence-corrected chi connectivity index (χ1v) is 6.17. The third-order valence-corrected chi connectivity index (χ3v) is 3.29. The van der Waals surface area contributed by atoms with Crippen molar-refractivity contribution >= 4 is 11.9 Å². The molecule has 0 spiro atoms. The van der Waals surface area contributed by atoms with Crippen LogP contribution in [0.2, 0.25) is 0 Å². The molecular formula is C12H17N3O3. The maximum atomic E-state index is 12.3. The first-order valence-electron chi connectivity index (χ1n) is 6.17. The van der Waals surface area contributed by atoms with Crippen LogP contribution in [0.5, 0.6) is 0 Å². The van der Waals surface area contributed by atoms with Gasteiger partial charge in [0.05, 0.1) is 5.92 Å². The number of carboxylic acids is 1. The molecule has 18 heavy (non-hydrogen) atoms. The van der Waals surface area contributed by atoms with Gasteiger partial charge >= 0.3 is 5.97 Å². The predicted octanol–water partition coefficient (Wildman–Crippen LogP) is 0.840. The quantitative estimate of drug-likeness (QED) is 0.863. The van der Waals surface area contributed by atoms with Crippen LogP contribution >= 0.6 is 0 Å². The van der Waals surface area contributed by atoms with E-state index >= 15 is 0 Å². The second-order valence-electron chi connectivity index (χ2n) is 4.46. The van der Waals surface area contributed by atoms with Gasteiger partial charge < -0.3 is 10.0 Å². The van der Waals surface area contributed by atoms with Crippen molar-refractivity contribution in [3.05, 3.63) is 18.0 Å². The maximum absolute atomic E-state index is 12.3. The molecule has 0 aliphatic carbocycles. The smallest absolute Gasteiger partial charge is 0.308 e. The van der Waals surface area contributed by atoms with E-state index in [1.165, 1.54) is 0 Å². The fourth-order valence-corrected chi connectivity index (χ4v) is 2.29. The van der Waals surface area contributed by atoms with Gasteiger partial charge in [0.1, 0.15) is 5.69 Å². The Morgan fingerprint density at radius 2 is 2.33 bits per heavy atom. The van der Waals surface area contributed by atoms with E-state index in [0.717, 1.165) is 6.42 Å². The third kappa shape index (κ3) is 2.37. The fourth-order valence-electron chi connectivity index (χ4n) is 2.29. The molecule has 1 saturated heterocycles. The minimum Gasteiger partial charge on any atom is -0.481 e. The van der Waals surface area contributed by atoms with Crippen molar-refractivity contribution in [3.63, 3.8) is 0 Å². The highest BCUT2D eigenvalue weighted by atomic mass is 16.4. The summed E-state index contributed by atoms with van der Waals surface area (Å²) in [5.74, 6) is -1.39. The average Bonchev–Trinajstić information content (AvgIpc) is 2.86. The maximum Gasteiger partial charge on any atom is 0.308 e. The first kappa shape index (κ1) is 12.6. The lowest BCUT2D eigenvalue weighted by molar-refractivity contribution is -0.143. The molecule has 98 valence electrons. The summed E-state index contributed by atoms with van der Waals surface area (Å²) in [5, 5.41) is 13.1. The Morgan fingerprint density at radius 3 is 3.00 bits per heavy atom. The van der Waals surface area contributed by atoms with E-state index in [2.05, 4.69) is 5.10 Å². The Balaban J connectivity index is 2.11. The molecule has 0 bridgehead atoms. The van der Waals surface area contributed by atoms with E-state index < -0.39 is 11.9 Å². The number of aryl methyl sites for hydroxylation is 1. The topological polar surface area (TPSA) is 75.4 Å². The number of rotatable bonds is 3. The van der Waals surface area contributed by atoms with E-state index in [-0.39, 0.29) is 5.91 Å². The molecule has 6 heteroatoms. The Morgan fingerprint density at radius 1 is 1.56 bits per heavy atom. The van der Waals surface area contributed by atoms with Gasteiger partial charge in [0.15, 0.2) is 0 Å². The molecule has 0 saturated carbocycles. The van der Waals surface area contributed by atoms with Gasteiger partial charge in [-0.2, -0.15) is 5.10 Å². The van der Waals surface area contributed by atoms with Crippen molar-refractivity contribution in [3.8, 4) is 0 Å². The zero-order valence-corrected chi connectivity index (χ0v) is 10.4. The van der Waals surface area contributed by atoms with Crippen LogP contribution in [0, 0.1) is 5.92 Å². The lowest BCUT2D eigenvalue weighted by Gasteiger charge is -2.30. The van der Waals surface area contributed by atoms with E-state index in [1.54, 1.807) is 21.8 Å². The Kier molecular flexibility index (Phi) is 3.64. The number of hydrogen-bond donors (Lipinski definition) is 1. The van der Waals surface area contributed by atoms with Gasteiger partial charge in [-0.15, -0.1) is 0 Å². The molecular weight excluding hydrogens is 234 g/mol. The van der Waals surface area contributed by atoms with Crippen LogP contribution in [0.1, 0.15) is 30.3 Å². The number of piperidine rings is 1. The molecule has 1 fully saturated rings. The molecule has 0 aromatic carbocycles. The van der Waals surface area contributed by atoms with Gasteiger partial charge in [-0.05, 0) is 25.8 Å². The number of amides is 1. The van der Waals surface area contributed by atoms with Crippen molar-refractivity contribution in [1.29, 1.82) is 0 Å². The van der Waals surface area contributed by atoms with Crippen LogP contribution < -0.4 is 0 Å². The summed E-state index contributed by atoms with van der Waals surface area (Å²) in [5.41, 5.74) is 0.531. The van der Waals surface area contributed by atoms with Gasteiger partial charge in [0, 0.05) is 25.8 Å². The van der Waals surface area contributed by atoms with E-state index in [9.17, 15) is 9.59 Å². The summed E-state index contributed by atoms with van der Waals surface area (Å²) < 4.78 is 1.63. The second kappa shape index (κ2) is 5.20. The minimum absolute atomic E-state index is 0.125. The number of hydrogen-bond acceptors (Lipinski definition) is 3. The molecule has 0 radical (unpaired) electrons. The van der Waals surface area contributed by atoms with Gasteiger partial charge in [0.2, 0.25) is 0 Å². The second-order valence-corrected chi connectivity index (χ2v) is 4.46. The number of carboxylic acid groups (broad SMARTS) is 1. The van der Waals surface area contributed by atoms with Crippen LogP contribution in [0.15, 0.2) is 12.3 Å². The molecule has 1 aliphatic heterocycles. The molecule has 1 atom stereocenters. The normalized spacial score (nSPS) is 19.8. The summed E-state index contributed by atoms with van der Waals surface area (Å²) >= 11 is 0. The molecule has 0 unspecified atom stereocenters. The lowest BCUT2D eigenvalue weighted by Crippen LogP contribution is -2.43. The number of likely N-dealkylation sites (tertiary alicyclic amines) is 1. The number of aliphatic carboxylic acids is 1. The monoisotopic (exact) mass is 251 g/mol. The lowest BCUT2D eigenvalue weighted by atomic mass is 9.98. The fraction of sp³-hybridized carbons (Fsp3) is 0.583. The number of aromatic nitrogens is 2. The zero-order valence-electron chi connectivity index (χ0n) is 10.4. The summed E-state index contributed by atoms with van der Waals surface area (Å²) in [7, 11) is 0. The molecule has 1 amide bonds. The molecule has 2 heterocycles. The average molecular weight is 251 g/mol. The predicted molar refractivity (Wildman–Crippen MR) is 64.2 cm³/mol. The van der Waals surface area contributed by atoms with Crippen LogP contribution in [0.3, 0.4) is 0 Å². The highest BCUT2D eigenvalue weighted by Gasteiger charge is 2.29. The van der Waals surface area contributed by atoms with Crippen molar-refractivity contribution in [2.24, 2.45) is 5.92 Å². The van der Waals surface area contributed by atoms with E-state index in [4.69, 9.17) is 5.11 Å². The van der Waals surface area contributed by atoms with Gasteiger partial charge in [-0.3, -0.25) is 14.3 Å². The van der Waals surface area contributed by atoms with Crippen molar-refractivity contribution in [2.45, 2.75) is 26.3 Å². The third-order valence-electron chi connectivity index (χ3n) is 3.29. The standard InChI is InChI=1S/C12H17N3O3/c1-2-15-10(5-6-13-15)11(16)14-7-3-4-9(8-14)12(17)18/h5-6,9H,2-4,7-8H2,1H3,(H,17,18)/t9-/m1/s1. The van der Waals surface area contributed by atoms with E-state index in [1.807, 2.05) is 6.92 Å².